The summed E-state index contributed by atoms with van der Waals surface area (Å²) in [6.45, 7) is 3.43. The zero-order valence-corrected chi connectivity index (χ0v) is 23.4. The van der Waals surface area contributed by atoms with Crippen LogP contribution in [0.25, 0.3) is 33.9 Å². The van der Waals surface area contributed by atoms with Crippen LogP contribution >= 0.6 is 0 Å². The van der Waals surface area contributed by atoms with Crippen LogP contribution in [0.5, 0.6) is 0 Å². The van der Waals surface area contributed by atoms with Crippen molar-refractivity contribution in [2.75, 3.05) is 0 Å². The predicted octanol–water partition coefficient (Wildman–Crippen LogP) is 6.62. The standard InChI is InChI=1S/C21H15N3.C8H16O2.C2H6O2.Co/c1-2-8-16(9-3-1)17-14-20(18-10-4-6-12-22-18)24-21(15-17)19-11-5-7-13-23-19;1-2-3-4-5-6-7-8(9)10;1-2(3)4;/h1-15H;2-7H2,1H3,(H,9,10);2-4H,1H3;. The number of pyridine rings is 3. The Labute approximate surface area is 241 Å². The van der Waals surface area contributed by atoms with Crippen molar-refractivity contribution >= 4 is 5.97 Å². The summed E-state index contributed by atoms with van der Waals surface area (Å²) in [6, 6.07) is 26.1. The molecule has 0 fully saturated rings. The minimum Gasteiger partial charge on any atom is -0.481 e. The average Bonchev–Trinajstić information content (AvgIpc) is 2.94. The molecule has 0 saturated carbocycles. The Bertz CT molecular complexity index is 1050. The number of carbonyl (C=O) groups is 1. The summed E-state index contributed by atoms with van der Waals surface area (Å²) < 4.78 is 0. The molecule has 209 valence electrons. The molecule has 3 aromatic heterocycles. The molecule has 0 aliphatic heterocycles. The van der Waals surface area contributed by atoms with Crippen molar-refractivity contribution in [1.29, 1.82) is 0 Å². The van der Waals surface area contributed by atoms with E-state index in [4.69, 9.17) is 20.3 Å². The molecule has 4 aromatic rings. The second kappa shape index (κ2) is 19.6. The van der Waals surface area contributed by atoms with Crippen LogP contribution < -0.4 is 0 Å². The van der Waals surface area contributed by atoms with E-state index in [2.05, 4.69) is 41.2 Å². The number of nitrogens with zero attached hydrogens (tertiary/aromatic N) is 3. The monoisotopic (exact) mass is 574 g/mol. The van der Waals surface area contributed by atoms with Gasteiger partial charge >= 0.3 is 5.97 Å². The van der Waals surface area contributed by atoms with Crippen LogP contribution in [0, 0.1) is 0 Å². The summed E-state index contributed by atoms with van der Waals surface area (Å²) >= 11 is 0. The van der Waals surface area contributed by atoms with E-state index in [1.165, 1.54) is 26.2 Å². The largest absolute Gasteiger partial charge is 0.481 e. The van der Waals surface area contributed by atoms with E-state index in [-0.39, 0.29) is 16.8 Å². The molecule has 7 nitrogen and oxygen atoms in total. The van der Waals surface area contributed by atoms with E-state index in [0.717, 1.165) is 46.7 Å². The van der Waals surface area contributed by atoms with Crippen molar-refractivity contribution < 1.29 is 36.9 Å². The number of aromatic nitrogens is 3. The van der Waals surface area contributed by atoms with Gasteiger partial charge in [0, 0.05) is 35.6 Å². The molecule has 0 aliphatic rings. The maximum atomic E-state index is 10.0. The molecule has 1 radical (unpaired) electrons. The molecule has 0 saturated heterocycles. The van der Waals surface area contributed by atoms with Gasteiger partial charge in [0.15, 0.2) is 0 Å². The van der Waals surface area contributed by atoms with Crippen molar-refractivity contribution in [1.82, 2.24) is 15.0 Å². The van der Waals surface area contributed by atoms with E-state index < -0.39 is 12.3 Å². The summed E-state index contributed by atoms with van der Waals surface area (Å²) in [5.41, 5.74) is 5.65. The Morgan fingerprint density at radius 1 is 0.718 bits per heavy atom. The maximum absolute atomic E-state index is 10.0. The maximum Gasteiger partial charge on any atom is 0.303 e. The molecule has 0 amide bonds. The summed E-state index contributed by atoms with van der Waals surface area (Å²) in [6.07, 6.45) is 8.29. The SMILES string of the molecule is CC(O)O.CCCCCCCC(=O)O.[Co].c1ccc(-c2cc(-c3ccccn3)nc(-c3ccccn3)c2)cc1. The molecule has 8 heteroatoms. The number of hydrogen-bond donors (Lipinski definition) is 3. The Morgan fingerprint density at radius 3 is 1.64 bits per heavy atom. The number of carboxylic acid groups (broad SMARTS) is 1. The van der Waals surface area contributed by atoms with Crippen LogP contribution in [0.15, 0.2) is 91.3 Å². The molecular weight excluding hydrogens is 537 g/mol. The third kappa shape index (κ3) is 13.8. The fourth-order valence-corrected chi connectivity index (χ4v) is 3.50. The number of hydrogen-bond acceptors (Lipinski definition) is 6. The molecule has 1 aromatic carbocycles. The number of carboxylic acids is 1. The van der Waals surface area contributed by atoms with Crippen molar-refractivity contribution in [2.45, 2.75) is 58.7 Å². The Balaban J connectivity index is 0.000000428. The van der Waals surface area contributed by atoms with E-state index >= 15 is 0 Å². The zero-order chi connectivity index (χ0) is 27.6. The quantitative estimate of drug-likeness (QED) is 0.152. The molecule has 0 unspecified atom stereocenters. The summed E-state index contributed by atoms with van der Waals surface area (Å²) in [5, 5.41) is 23.5. The molecule has 0 atom stereocenters. The average molecular weight is 575 g/mol. The van der Waals surface area contributed by atoms with Crippen molar-refractivity contribution in [2.24, 2.45) is 0 Å². The van der Waals surface area contributed by atoms with E-state index in [9.17, 15) is 4.79 Å². The third-order valence-electron chi connectivity index (χ3n) is 5.28. The van der Waals surface area contributed by atoms with Crippen LogP contribution in [-0.4, -0.2) is 42.5 Å². The van der Waals surface area contributed by atoms with Gasteiger partial charge in [0.1, 0.15) is 6.29 Å². The van der Waals surface area contributed by atoms with Crippen LogP contribution in [0.2, 0.25) is 0 Å². The van der Waals surface area contributed by atoms with Crippen LogP contribution in [-0.2, 0) is 21.6 Å². The number of rotatable bonds is 9. The van der Waals surface area contributed by atoms with Gasteiger partial charge in [-0.25, -0.2) is 4.98 Å². The van der Waals surface area contributed by atoms with Gasteiger partial charge in [-0.1, -0.05) is 75.1 Å². The normalized spacial score (nSPS) is 9.87. The van der Waals surface area contributed by atoms with Gasteiger partial charge in [0.25, 0.3) is 0 Å². The molecule has 4 rings (SSSR count). The summed E-state index contributed by atoms with van der Waals surface area (Å²) in [4.78, 5) is 23.7. The van der Waals surface area contributed by atoms with Crippen LogP contribution in [0.3, 0.4) is 0 Å². The molecule has 0 bridgehead atoms. The number of aliphatic carboxylic acids is 1. The first-order valence-electron chi connectivity index (χ1n) is 12.9. The van der Waals surface area contributed by atoms with E-state index in [1.54, 1.807) is 12.4 Å². The van der Waals surface area contributed by atoms with Crippen molar-refractivity contribution in [3.8, 4) is 33.9 Å². The number of aliphatic hydroxyl groups excluding tert-OH is 1. The van der Waals surface area contributed by atoms with Gasteiger partial charge in [-0.15, -0.1) is 0 Å². The summed E-state index contributed by atoms with van der Waals surface area (Å²) in [5.74, 6) is -0.670. The topological polar surface area (TPSA) is 116 Å². The third-order valence-corrected chi connectivity index (χ3v) is 5.28. The Morgan fingerprint density at radius 2 is 1.21 bits per heavy atom. The van der Waals surface area contributed by atoms with Gasteiger partial charge in [-0.2, -0.15) is 0 Å². The molecule has 3 N–H and O–H groups in total. The molecular formula is C31H37CoN3O4. The first-order chi connectivity index (χ1) is 18.4. The molecule has 0 aliphatic carbocycles. The fourth-order valence-electron chi connectivity index (χ4n) is 3.50. The second-order valence-electron chi connectivity index (χ2n) is 8.61. The number of benzene rings is 1. The zero-order valence-electron chi connectivity index (χ0n) is 22.4. The van der Waals surface area contributed by atoms with Crippen molar-refractivity contribution in [3.63, 3.8) is 0 Å². The first-order valence-corrected chi connectivity index (χ1v) is 12.9. The molecule has 39 heavy (non-hydrogen) atoms. The Hall–Kier alpha value is -3.43. The van der Waals surface area contributed by atoms with Gasteiger partial charge < -0.3 is 15.3 Å². The Kier molecular flexibility index (Phi) is 16.9. The fraction of sp³-hybridized carbons (Fsp3) is 0.290. The van der Waals surface area contributed by atoms with Crippen LogP contribution in [0.1, 0.15) is 52.4 Å². The van der Waals surface area contributed by atoms with Gasteiger partial charge in [0.05, 0.1) is 22.8 Å². The van der Waals surface area contributed by atoms with Gasteiger partial charge in [-0.05, 0) is 60.9 Å². The summed E-state index contributed by atoms with van der Waals surface area (Å²) in [7, 11) is 0. The van der Waals surface area contributed by atoms with Crippen LogP contribution in [0.4, 0.5) is 0 Å². The minimum atomic E-state index is -1.17. The number of aliphatic hydroxyl groups is 2. The van der Waals surface area contributed by atoms with E-state index in [1.807, 2.05) is 54.6 Å². The van der Waals surface area contributed by atoms with Gasteiger partial charge in [0.2, 0.25) is 0 Å². The van der Waals surface area contributed by atoms with E-state index in [0.29, 0.717) is 6.42 Å². The number of unbranched alkanes of at least 4 members (excludes halogenated alkanes) is 4. The predicted molar refractivity (Wildman–Crippen MR) is 151 cm³/mol. The smallest absolute Gasteiger partial charge is 0.303 e. The van der Waals surface area contributed by atoms with Crippen molar-refractivity contribution in [3.05, 3.63) is 91.3 Å². The minimum absolute atomic E-state index is 0. The molecule has 3 heterocycles. The first kappa shape index (κ1) is 33.6. The van der Waals surface area contributed by atoms with Gasteiger partial charge in [-0.3, -0.25) is 14.8 Å². The molecule has 0 spiro atoms. The second-order valence-corrected chi connectivity index (χ2v) is 8.61.